The van der Waals surface area contributed by atoms with E-state index in [-0.39, 0.29) is 18.3 Å². The van der Waals surface area contributed by atoms with Crippen LogP contribution in [0.4, 0.5) is 0 Å². The quantitative estimate of drug-likeness (QED) is 0.764. The normalized spacial score (nSPS) is 10.2. The zero-order valence-corrected chi connectivity index (χ0v) is 14.9. The molecule has 2 rings (SSSR count). The summed E-state index contributed by atoms with van der Waals surface area (Å²) in [5.41, 5.74) is 4.13. The first kappa shape index (κ1) is 19.3. The van der Waals surface area contributed by atoms with E-state index in [1.165, 1.54) is 5.56 Å². The molecule has 0 aliphatic heterocycles. The summed E-state index contributed by atoms with van der Waals surface area (Å²) >= 11 is 0. The number of nitrogens with zero attached hydrogens (tertiary/aromatic N) is 1. The highest BCUT2D eigenvalue weighted by molar-refractivity contribution is 5.95. The molecule has 2 aromatic rings. The molecule has 0 spiro atoms. The van der Waals surface area contributed by atoms with Crippen molar-refractivity contribution in [3.8, 4) is 0 Å². The maximum Gasteiger partial charge on any atom is 0.253 e. The van der Waals surface area contributed by atoms with Crippen molar-refractivity contribution in [3.05, 3.63) is 58.9 Å². The Morgan fingerprint density at radius 2 is 1.83 bits per heavy atom. The van der Waals surface area contributed by atoms with Gasteiger partial charge in [-0.1, -0.05) is 37.3 Å². The molecular formula is C18H26ClN3O. The fourth-order valence-electron chi connectivity index (χ4n) is 2.58. The first-order chi connectivity index (χ1) is 10.6. The SMILES string of the molecule is CCNCCNC(=O)c1cc(C)n(Cc2ccccc2)c1C.Cl. The molecule has 126 valence electrons. The van der Waals surface area contributed by atoms with Crippen molar-refractivity contribution in [3.63, 3.8) is 0 Å². The van der Waals surface area contributed by atoms with E-state index in [4.69, 9.17) is 0 Å². The first-order valence-electron chi connectivity index (χ1n) is 7.83. The first-order valence-corrected chi connectivity index (χ1v) is 7.83. The maximum absolute atomic E-state index is 12.3. The predicted octanol–water partition coefficient (Wildman–Crippen LogP) is 2.91. The average Bonchev–Trinajstić information content (AvgIpc) is 2.81. The molecule has 1 aromatic heterocycles. The number of carbonyl (C=O) groups is 1. The number of nitrogens with one attached hydrogen (secondary N) is 2. The van der Waals surface area contributed by atoms with E-state index in [0.717, 1.165) is 36.6 Å². The van der Waals surface area contributed by atoms with E-state index < -0.39 is 0 Å². The Bertz CT molecular complexity index is 623. The molecule has 0 unspecified atom stereocenters. The van der Waals surface area contributed by atoms with Gasteiger partial charge in [0, 0.05) is 31.0 Å². The lowest BCUT2D eigenvalue weighted by Crippen LogP contribution is -2.31. The van der Waals surface area contributed by atoms with Gasteiger partial charge in [0.15, 0.2) is 0 Å². The van der Waals surface area contributed by atoms with Crippen LogP contribution in [0.1, 0.15) is 34.2 Å². The van der Waals surface area contributed by atoms with E-state index >= 15 is 0 Å². The summed E-state index contributed by atoms with van der Waals surface area (Å²) in [6, 6.07) is 12.3. The molecule has 0 fully saturated rings. The molecule has 0 radical (unpaired) electrons. The Kier molecular flexibility index (Phi) is 7.86. The number of hydrogen-bond acceptors (Lipinski definition) is 2. The number of aryl methyl sites for hydroxylation is 1. The van der Waals surface area contributed by atoms with Crippen molar-refractivity contribution in [2.75, 3.05) is 19.6 Å². The molecule has 2 N–H and O–H groups in total. The van der Waals surface area contributed by atoms with Gasteiger partial charge in [0.05, 0.1) is 5.56 Å². The molecule has 0 atom stereocenters. The Morgan fingerprint density at radius 3 is 2.48 bits per heavy atom. The van der Waals surface area contributed by atoms with Gasteiger partial charge in [-0.05, 0) is 32.0 Å². The number of benzene rings is 1. The van der Waals surface area contributed by atoms with E-state index in [0.29, 0.717) is 6.54 Å². The van der Waals surface area contributed by atoms with Gasteiger partial charge in [-0.3, -0.25) is 4.79 Å². The zero-order chi connectivity index (χ0) is 15.9. The minimum absolute atomic E-state index is 0. The molecule has 0 aliphatic rings. The maximum atomic E-state index is 12.3. The van der Waals surface area contributed by atoms with Crippen LogP contribution < -0.4 is 10.6 Å². The van der Waals surface area contributed by atoms with Crippen LogP contribution in [0, 0.1) is 13.8 Å². The minimum atomic E-state index is 0. The molecule has 1 aromatic carbocycles. The third-order valence-corrected chi connectivity index (χ3v) is 3.84. The summed E-state index contributed by atoms with van der Waals surface area (Å²) in [5.74, 6) is 0.00492. The molecule has 0 bridgehead atoms. The van der Waals surface area contributed by atoms with Crippen LogP contribution in [0.2, 0.25) is 0 Å². The Morgan fingerprint density at radius 1 is 1.13 bits per heavy atom. The third kappa shape index (κ3) is 5.12. The largest absolute Gasteiger partial charge is 0.351 e. The van der Waals surface area contributed by atoms with Gasteiger partial charge in [-0.15, -0.1) is 12.4 Å². The van der Waals surface area contributed by atoms with E-state index in [1.54, 1.807) is 0 Å². The topological polar surface area (TPSA) is 46.1 Å². The predicted molar refractivity (Wildman–Crippen MR) is 97.6 cm³/mol. The molecule has 5 heteroatoms. The summed E-state index contributed by atoms with van der Waals surface area (Å²) < 4.78 is 2.19. The monoisotopic (exact) mass is 335 g/mol. The van der Waals surface area contributed by atoms with Gasteiger partial charge in [-0.25, -0.2) is 0 Å². The minimum Gasteiger partial charge on any atom is -0.351 e. The average molecular weight is 336 g/mol. The summed E-state index contributed by atoms with van der Waals surface area (Å²) in [4.78, 5) is 12.3. The Hall–Kier alpha value is -1.78. The van der Waals surface area contributed by atoms with E-state index in [9.17, 15) is 4.79 Å². The fourth-order valence-corrected chi connectivity index (χ4v) is 2.58. The summed E-state index contributed by atoms with van der Waals surface area (Å²) in [6.45, 7) is 9.27. The molecular weight excluding hydrogens is 310 g/mol. The molecule has 0 saturated heterocycles. The van der Waals surface area contributed by atoms with Gasteiger partial charge >= 0.3 is 0 Å². The van der Waals surface area contributed by atoms with Crippen molar-refractivity contribution in [1.29, 1.82) is 0 Å². The van der Waals surface area contributed by atoms with Crippen LogP contribution in [0.5, 0.6) is 0 Å². The van der Waals surface area contributed by atoms with Crippen LogP contribution in [-0.4, -0.2) is 30.1 Å². The van der Waals surface area contributed by atoms with E-state index in [2.05, 4.69) is 34.3 Å². The fraction of sp³-hybridized carbons (Fsp3) is 0.389. The van der Waals surface area contributed by atoms with Crippen molar-refractivity contribution < 1.29 is 4.79 Å². The van der Waals surface area contributed by atoms with Gasteiger partial charge < -0.3 is 15.2 Å². The van der Waals surface area contributed by atoms with Gasteiger partial charge in [0.1, 0.15) is 0 Å². The highest BCUT2D eigenvalue weighted by atomic mass is 35.5. The van der Waals surface area contributed by atoms with Crippen molar-refractivity contribution >= 4 is 18.3 Å². The highest BCUT2D eigenvalue weighted by Gasteiger charge is 2.15. The number of rotatable bonds is 7. The van der Waals surface area contributed by atoms with Crippen LogP contribution in [0.15, 0.2) is 36.4 Å². The lowest BCUT2D eigenvalue weighted by atomic mass is 10.2. The smallest absolute Gasteiger partial charge is 0.253 e. The number of hydrogen-bond donors (Lipinski definition) is 2. The van der Waals surface area contributed by atoms with Gasteiger partial charge in [0.25, 0.3) is 5.91 Å². The van der Waals surface area contributed by atoms with Crippen molar-refractivity contribution in [2.24, 2.45) is 0 Å². The Balaban J connectivity index is 0.00000264. The van der Waals surface area contributed by atoms with Gasteiger partial charge in [0.2, 0.25) is 0 Å². The molecule has 0 saturated carbocycles. The molecule has 4 nitrogen and oxygen atoms in total. The molecule has 1 amide bonds. The molecule has 1 heterocycles. The highest BCUT2D eigenvalue weighted by Crippen LogP contribution is 2.17. The number of carbonyl (C=O) groups excluding carboxylic acids is 1. The lowest BCUT2D eigenvalue weighted by Gasteiger charge is -2.10. The van der Waals surface area contributed by atoms with Crippen LogP contribution in [0.25, 0.3) is 0 Å². The van der Waals surface area contributed by atoms with Crippen LogP contribution in [0.3, 0.4) is 0 Å². The van der Waals surface area contributed by atoms with Crippen molar-refractivity contribution in [1.82, 2.24) is 15.2 Å². The summed E-state index contributed by atoms with van der Waals surface area (Å²) in [5, 5.41) is 6.16. The standard InChI is InChI=1S/C18H25N3O.ClH/c1-4-19-10-11-20-18(22)17-12-14(2)21(15(17)3)13-16-8-6-5-7-9-16;/h5-9,12,19H,4,10-11,13H2,1-3H3,(H,20,22);1H. The summed E-state index contributed by atoms with van der Waals surface area (Å²) in [6.07, 6.45) is 0. The van der Waals surface area contributed by atoms with Crippen LogP contribution >= 0.6 is 12.4 Å². The molecule has 0 aliphatic carbocycles. The summed E-state index contributed by atoms with van der Waals surface area (Å²) in [7, 11) is 0. The lowest BCUT2D eigenvalue weighted by molar-refractivity contribution is 0.0953. The number of halogens is 1. The zero-order valence-electron chi connectivity index (χ0n) is 14.1. The van der Waals surface area contributed by atoms with Crippen molar-refractivity contribution in [2.45, 2.75) is 27.3 Å². The third-order valence-electron chi connectivity index (χ3n) is 3.84. The number of aromatic nitrogens is 1. The van der Waals surface area contributed by atoms with Crippen LogP contribution in [-0.2, 0) is 6.54 Å². The Labute approximate surface area is 144 Å². The number of likely N-dealkylation sites (N-methyl/N-ethyl adjacent to an activating group) is 1. The second kappa shape index (κ2) is 9.38. The second-order valence-corrected chi connectivity index (χ2v) is 5.47. The van der Waals surface area contributed by atoms with E-state index in [1.807, 2.05) is 38.1 Å². The second-order valence-electron chi connectivity index (χ2n) is 5.47. The van der Waals surface area contributed by atoms with Gasteiger partial charge in [-0.2, -0.15) is 0 Å². The number of amides is 1. The molecule has 23 heavy (non-hydrogen) atoms.